The highest BCUT2D eigenvalue weighted by Gasteiger charge is 2.01. The van der Waals surface area contributed by atoms with E-state index in [9.17, 15) is 4.79 Å². The van der Waals surface area contributed by atoms with Crippen molar-refractivity contribution >= 4 is 23.8 Å². The van der Waals surface area contributed by atoms with E-state index >= 15 is 0 Å². The summed E-state index contributed by atoms with van der Waals surface area (Å²) in [4.78, 5) is 20.7. The molecule has 1 aliphatic heterocycles. The Labute approximate surface area is 178 Å². The second-order valence-electron chi connectivity index (χ2n) is 6.66. The SMILES string of the molecule is C\C=C/N=C1/N=C/C/C=C\C=C(/C)NC(=O)CC/C=C/COCc2cccc(c2)N1. The van der Waals surface area contributed by atoms with Crippen LogP contribution in [0.5, 0.6) is 0 Å². The average molecular weight is 407 g/mol. The van der Waals surface area contributed by atoms with Gasteiger partial charge in [-0.15, -0.1) is 0 Å². The molecule has 0 unspecified atom stereocenters. The van der Waals surface area contributed by atoms with Crippen molar-refractivity contribution in [2.45, 2.75) is 39.7 Å². The van der Waals surface area contributed by atoms with Crippen LogP contribution in [-0.4, -0.2) is 24.7 Å². The van der Waals surface area contributed by atoms with Crippen LogP contribution < -0.4 is 10.6 Å². The zero-order valence-corrected chi connectivity index (χ0v) is 17.7. The fourth-order valence-corrected chi connectivity index (χ4v) is 2.57. The van der Waals surface area contributed by atoms with Crippen LogP contribution in [0.2, 0.25) is 0 Å². The highest BCUT2D eigenvalue weighted by molar-refractivity contribution is 5.98. The van der Waals surface area contributed by atoms with Gasteiger partial charge in [0.2, 0.25) is 11.9 Å². The van der Waals surface area contributed by atoms with E-state index in [1.54, 1.807) is 12.4 Å². The summed E-state index contributed by atoms with van der Waals surface area (Å²) in [5.41, 5.74) is 2.76. The predicted molar refractivity (Wildman–Crippen MR) is 124 cm³/mol. The normalized spacial score (nSPS) is 23.5. The Morgan fingerprint density at radius 3 is 2.97 bits per heavy atom. The first-order chi connectivity index (χ1) is 14.7. The van der Waals surface area contributed by atoms with Gasteiger partial charge in [-0.05, 0) is 44.0 Å². The Hall–Kier alpha value is -3.25. The van der Waals surface area contributed by atoms with Crippen molar-refractivity contribution < 1.29 is 9.53 Å². The van der Waals surface area contributed by atoms with Gasteiger partial charge in [-0.2, -0.15) is 0 Å². The molecule has 0 fully saturated rings. The summed E-state index contributed by atoms with van der Waals surface area (Å²) in [6.45, 7) is 4.78. The zero-order chi connectivity index (χ0) is 21.4. The topological polar surface area (TPSA) is 75.1 Å². The number of guanidine groups is 1. The van der Waals surface area contributed by atoms with E-state index in [-0.39, 0.29) is 5.91 Å². The summed E-state index contributed by atoms with van der Waals surface area (Å²) in [6.07, 6.45) is 16.8. The summed E-state index contributed by atoms with van der Waals surface area (Å²) < 4.78 is 5.70. The number of hydrogen-bond acceptors (Lipinski definition) is 3. The number of nitrogens with one attached hydrogen (secondary N) is 2. The van der Waals surface area contributed by atoms with Crippen LogP contribution in [0.25, 0.3) is 0 Å². The number of carbonyl (C=O) groups excluding carboxylic acids is 1. The third-order valence-electron chi connectivity index (χ3n) is 3.99. The van der Waals surface area contributed by atoms with Crippen molar-refractivity contribution in [3.63, 3.8) is 0 Å². The van der Waals surface area contributed by atoms with Crippen molar-refractivity contribution in [3.8, 4) is 0 Å². The number of rotatable bonds is 1. The Balaban J connectivity index is 2.15. The first-order valence-corrected chi connectivity index (χ1v) is 10.1. The van der Waals surface area contributed by atoms with Gasteiger partial charge in [-0.25, -0.2) is 9.98 Å². The van der Waals surface area contributed by atoms with Crippen molar-refractivity contribution in [2.24, 2.45) is 9.98 Å². The second-order valence-corrected chi connectivity index (χ2v) is 6.66. The molecule has 6 heteroatoms. The maximum absolute atomic E-state index is 11.9. The Kier molecular flexibility index (Phi) is 10.6. The molecule has 2 bridgehead atoms. The van der Waals surface area contributed by atoms with Gasteiger partial charge in [-0.3, -0.25) is 4.79 Å². The maximum atomic E-state index is 11.9. The van der Waals surface area contributed by atoms with Crippen LogP contribution in [0.4, 0.5) is 5.69 Å². The predicted octanol–water partition coefficient (Wildman–Crippen LogP) is 4.89. The molecule has 1 aliphatic rings. The van der Waals surface area contributed by atoms with E-state index in [0.717, 1.165) is 16.9 Å². The van der Waals surface area contributed by atoms with E-state index in [4.69, 9.17) is 4.74 Å². The summed E-state index contributed by atoms with van der Waals surface area (Å²) in [5, 5.41) is 6.12. The zero-order valence-electron chi connectivity index (χ0n) is 17.7. The van der Waals surface area contributed by atoms with E-state index in [1.807, 2.05) is 74.6 Å². The van der Waals surface area contributed by atoms with E-state index in [2.05, 4.69) is 20.6 Å². The van der Waals surface area contributed by atoms with Gasteiger partial charge in [-0.1, -0.05) is 42.5 Å². The lowest BCUT2D eigenvalue weighted by Crippen LogP contribution is -2.20. The largest absolute Gasteiger partial charge is 0.373 e. The summed E-state index contributed by atoms with van der Waals surface area (Å²) in [6, 6.07) is 7.97. The summed E-state index contributed by atoms with van der Waals surface area (Å²) in [7, 11) is 0. The summed E-state index contributed by atoms with van der Waals surface area (Å²) >= 11 is 0. The van der Waals surface area contributed by atoms with Gasteiger partial charge < -0.3 is 15.4 Å². The van der Waals surface area contributed by atoms with E-state index in [1.165, 1.54) is 0 Å². The lowest BCUT2D eigenvalue weighted by Gasteiger charge is -2.08. The van der Waals surface area contributed by atoms with Gasteiger partial charge in [0.05, 0.1) is 13.2 Å². The molecule has 2 N–H and O–H groups in total. The molecule has 1 aromatic rings. The fraction of sp³-hybridized carbons (Fsp3) is 0.292. The minimum Gasteiger partial charge on any atom is -0.373 e. The number of anilines is 1. The maximum Gasteiger partial charge on any atom is 0.226 e. The number of fused-ring (bicyclic) bond motifs is 2. The Bertz CT molecular complexity index is 864. The van der Waals surface area contributed by atoms with Gasteiger partial charge >= 0.3 is 0 Å². The first kappa shape index (κ1) is 23.0. The minimum atomic E-state index is 0.00268. The van der Waals surface area contributed by atoms with Crippen LogP contribution in [0.3, 0.4) is 0 Å². The number of nitrogens with zero attached hydrogens (tertiary/aromatic N) is 2. The second kappa shape index (κ2) is 13.8. The number of hydrogen-bond donors (Lipinski definition) is 2. The number of aliphatic imine (C=N–C) groups is 2. The molecule has 0 atom stereocenters. The van der Waals surface area contributed by atoms with Crippen molar-refractivity contribution in [1.82, 2.24) is 5.32 Å². The molecule has 1 amide bonds. The first-order valence-electron chi connectivity index (χ1n) is 10.1. The monoisotopic (exact) mass is 406 g/mol. The van der Waals surface area contributed by atoms with Crippen molar-refractivity contribution in [2.75, 3.05) is 11.9 Å². The Morgan fingerprint density at radius 1 is 1.20 bits per heavy atom. The molecule has 30 heavy (non-hydrogen) atoms. The smallest absolute Gasteiger partial charge is 0.226 e. The third-order valence-corrected chi connectivity index (χ3v) is 3.99. The molecule has 158 valence electrons. The summed E-state index contributed by atoms with van der Waals surface area (Å²) in [5.74, 6) is 0.510. The average Bonchev–Trinajstić information content (AvgIpc) is 2.73. The van der Waals surface area contributed by atoms with Crippen LogP contribution in [0, 0.1) is 0 Å². The molecular formula is C24H30N4O2. The minimum absolute atomic E-state index is 0.00268. The van der Waals surface area contributed by atoms with Crippen molar-refractivity contribution in [1.29, 1.82) is 0 Å². The number of amides is 1. The van der Waals surface area contributed by atoms with Crippen LogP contribution in [0.15, 0.2) is 82.6 Å². The molecule has 0 saturated carbocycles. The van der Waals surface area contributed by atoms with E-state index in [0.29, 0.717) is 38.4 Å². The number of benzene rings is 1. The standard InChI is InChI=1S/C24H30N4O2/c1-3-15-25-24-26-16-8-4-6-11-20(2)27-23(29)14-7-5-9-17-30-19-21-12-10-13-22(18-21)28-24/h3-6,9-13,15-16,18H,7-8,14,17,19H2,1-2H3,(H,25,28)(H,27,29)/b6-4-,9-5+,15-3-,20-11+,26-16+. The highest BCUT2D eigenvalue weighted by Crippen LogP contribution is 2.12. The lowest BCUT2D eigenvalue weighted by molar-refractivity contribution is -0.120. The Morgan fingerprint density at radius 2 is 2.10 bits per heavy atom. The molecule has 0 spiro atoms. The molecule has 6 nitrogen and oxygen atoms in total. The number of carbonyl (C=O) groups is 1. The molecule has 0 radical (unpaired) electrons. The molecular weight excluding hydrogens is 376 g/mol. The van der Waals surface area contributed by atoms with Gasteiger partial charge in [0, 0.05) is 36.6 Å². The number of allylic oxidation sites excluding steroid dienone is 6. The molecule has 0 aromatic heterocycles. The molecule has 1 heterocycles. The molecule has 2 rings (SSSR count). The quantitative estimate of drug-likeness (QED) is 0.652. The number of ether oxygens (including phenoxy) is 1. The van der Waals surface area contributed by atoms with E-state index < -0.39 is 0 Å². The third kappa shape index (κ3) is 9.80. The van der Waals surface area contributed by atoms with Crippen LogP contribution >= 0.6 is 0 Å². The molecule has 0 aliphatic carbocycles. The van der Waals surface area contributed by atoms with Crippen LogP contribution in [-0.2, 0) is 16.1 Å². The van der Waals surface area contributed by atoms with Gasteiger partial charge in [0.15, 0.2) is 0 Å². The van der Waals surface area contributed by atoms with Gasteiger partial charge in [0.25, 0.3) is 0 Å². The highest BCUT2D eigenvalue weighted by atomic mass is 16.5. The van der Waals surface area contributed by atoms with Crippen LogP contribution in [0.1, 0.15) is 38.7 Å². The fourth-order valence-electron chi connectivity index (χ4n) is 2.57. The van der Waals surface area contributed by atoms with Crippen molar-refractivity contribution in [3.05, 3.63) is 78.2 Å². The lowest BCUT2D eigenvalue weighted by atomic mass is 10.2. The molecule has 0 saturated heterocycles. The molecule has 1 aromatic carbocycles. The van der Waals surface area contributed by atoms with Gasteiger partial charge in [0.1, 0.15) is 0 Å².